The van der Waals surface area contributed by atoms with Gasteiger partial charge in [0.25, 0.3) is 11.7 Å². The minimum atomic E-state index is -0.986. The van der Waals surface area contributed by atoms with E-state index in [0.29, 0.717) is 12.3 Å². The highest BCUT2D eigenvalue weighted by Gasteiger charge is 2.19. The number of nitrogens with zero attached hydrogens (tertiary/aromatic N) is 2. The monoisotopic (exact) mass is 277 g/mol. The molecule has 2 rings (SSSR count). The molecule has 2 aromatic heterocycles. The lowest BCUT2D eigenvalue weighted by atomic mass is 10.2. The van der Waals surface area contributed by atoms with Crippen LogP contribution in [0.5, 0.6) is 0 Å². The van der Waals surface area contributed by atoms with E-state index in [-0.39, 0.29) is 12.1 Å². The van der Waals surface area contributed by atoms with E-state index in [4.69, 9.17) is 4.42 Å². The maximum atomic E-state index is 11.8. The first-order valence-corrected chi connectivity index (χ1v) is 6.18. The number of hydrogen-bond donors (Lipinski definition) is 2. The second-order valence-corrected chi connectivity index (χ2v) is 4.16. The van der Waals surface area contributed by atoms with Gasteiger partial charge in [0.2, 0.25) is 0 Å². The molecule has 0 saturated heterocycles. The Hall–Kier alpha value is -2.41. The van der Waals surface area contributed by atoms with Crippen molar-refractivity contribution in [3.63, 3.8) is 0 Å². The van der Waals surface area contributed by atoms with Crippen molar-refractivity contribution in [3.8, 4) is 0 Å². The number of nitrogens with one attached hydrogen (secondary N) is 1. The van der Waals surface area contributed by atoms with E-state index in [1.54, 1.807) is 16.8 Å². The Bertz CT molecular complexity index is 589. The molecule has 0 fully saturated rings. The van der Waals surface area contributed by atoms with Crippen molar-refractivity contribution >= 4 is 11.7 Å². The molecule has 2 heterocycles. The summed E-state index contributed by atoms with van der Waals surface area (Å²) in [5.74, 6) is -1.14. The van der Waals surface area contributed by atoms with Crippen molar-refractivity contribution in [2.24, 2.45) is 0 Å². The van der Waals surface area contributed by atoms with Gasteiger partial charge in [0, 0.05) is 12.7 Å². The van der Waals surface area contributed by atoms with E-state index in [9.17, 15) is 14.7 Å². The van der Waals surface area contributed by atoms with Crippen molar-refractivity contribution in [2.45, 2.75) is 19.6 Å². The minimum absolute atomic E-state index is 0.0972. The maximum absolute atomic E-state index is 11.8. The average Bonchev–Trinajstić information content (AvgIpc) is 3.13. The molecule has 1 unspecified atom stereocenters. The number of hydrogen-bond acceptors (Lipinski definition) is 5. The number of Topliss-reactive ketones (excluding diaryl/α,β-unsaturated/α-hetero) is 1. The summed E-state index contributed by atoms with van der Waals surface area (Å²) in [6.45, 7) is 2.40. The first-order chi connectivity index (χ1) is 9.61. The summed E-state index contributed by atoms with van der Waals surface area (Å²) in [4.78, 5) is 23.5. The highest BCUT2D eigenvalue weighted by Crippen LogP contribution is 2.11. The summed E-state index contributed by atoms with van der Waals surface area (Å²) >= 11 is 0. The molecule has 0 bridgehead atoms. The van der Waals surface area contributed by atoms with Gasteiger partial charge >= 0.3 is 0 Å². The van der Waals surface area contributed by atoms with Gasteiger partial charge in [-0.05, 0) is 19.1 Å². The Morgan fingerprint density at radius 1 is 1.55 bits per heavy atom. The van der Waals surface area contributed by atoms with Crippen LogP contribution in [0.15, 0.2) is 35.2 Å². The fraction of sp³-hybridized carbons (Fsp3) is 0.308. The zero-order valence-corrected chi connectivity index (χ0v) is 10.9. The highest BCUT2D eigenvalue weighted by molar-refractivity contribution is 6.42. The van der Waals surface area contributed by atoms with Gasteiger partial charge < -0.3 is 14.8 Å². The Morgan fingerprint density at radius 2 is 2.35 bits per heavy atom. The van der Waals surface area contributed by atoms with Gasteiger partial charge in [0.05, 0.1) is 24.6 Å². The number of carbonyl (C=O) groups is 2. The van der Waals surface area contributed by atoms with E-state index in [0.717, 1.165) is 0 Å². The molecule has 2 aromatic rings. The van der Waals surface area contributed by atoms with Crippen LogP contribution in [0.2, 0.25) is 0 Å². The molecular formula is C13H15N3O4. The first kappa shape index (κ1) is 14.0. The zero-order chi connectivity index (χ0) is 14.5. The number of aliphatic hydroxyl groups is 1. The Morgan fingerprint density at radius 3 is 2.95 bits per heavy atom. The predicted octanol–water partition coefficient (Wildman–Crippen LogP) is 0.528. The van der Waals surface area contributed by atoms with E-state index in [1.807, 2.05) is 6.92 Å². The maximum Gasteiger partial charge on any atom is 0.292 e. The minimum Gasteiger partial charge on any atom is -0.467 e. The second-order valence-electron chi connectivity index (χ2n) is 4.16. The third-order valence-corrected chi connectivity index (χ3v) is 2.75. The topological polar surface area (TPSA) is 97.4 Å². The van der Waals surface area contributed by atoms with Crippen LogP contribution in [0.4, 0.5) is 0 Å². The first-order valence-electron chi connectivity index (χ1n) is 6.18. The average molecular weight is 277 g/mol. The van der Waals surface area contributed by atoms with Gasteiger partial charge in [0.15, 0.2) is 0 Å². The molecule has 20 heavy (non-hydrogen) atoms. The quantitative estimate of drug-likeness (QED) is 0.593. The lowest BCUT2D eigenvalue weighted by molar-refractivity contribution is -0.117. The molecule has 0 aliphatic carbocycles. The van der Waals surface area contributed by atoms with Crippen molar-refractivity contribution in [3.05, 3.63) is 42.1 Å². The third-order valence-electron chi connectivity index (χ3n) is 2.75. The van der Waals surface area contributed by atoms with Crippen LogP contribution in [0.25, 0.3) is 0 Å². The van der Waals surface area contributed by atoms with E-state index in [1.165, 1.54) is 18.7 Å². The van der Waals surface area contributed by atoms with E-state index < -0.39 is 17.8 Å². The summed E-state index contributed by atoms with van der Waals surface area (Å²) in [5.41, 5.74) is 0.219. The molecule has 0 radical (unpaired) electrons. The fourth-order valence-electron chi connectivity index (χ4n) is 1.64. The van der Waals surface area contributed by atoms with Gasteiger partial charge in [-0.15, -0.1) is 0 Å². The smallest absolute Gasteiger partial charge is 0.292 e. The molecular weight excluding hydrogens is 262 g/mol. The highest BCUT2D eigenvalue weighted by atomic mass is 16.4. The molecule has 1 atom stereocenters. The molecule has 0 saturated carbocycles. The molecule has 7 nitrogen and oxygen atoms in total. The predicted molar refractivity (Wildman–Crippen MR) is 68.9 cm³/mol. The normalized spacial score (nSPS) is 12.1. The molecule has 0 aliphatic rings. The summed E-state index contributed by atoms with van der Waals surface area (Å²) < 4.78 is 6.54. The summed E-state index contributed by atoms with van der Waals surface area (Å²) in [7, 11) is 0. The summed E-state index contributed by atoms with van der Waals surface area (Å²) in [5, 5.41) is 16.0. The lowest BCUT2D eigenvalue weighted by Gasteiger charge is -2.08. The van der Waals surface area contributed by atoms with Crippen LogP contribution in [0, 0.1) is 0 Å². The van der Waals surface area contributed by atoms with Crippen molar-refractivity contribution in [1.82, 2.24) is 15.1 Å². The van der Waals surface area contributed by atoms with Crippen molar-refractivity contribution in [1.29, 1.82) is 0 Å². The second kappa shape index (κ2) is 6.16. The number of aliphatic hydroxyl groups excluding tert-OH is 1. The Kier molecular flexibility index (Phi) is 4.31. The molecule has 0 aliphatic heterocycles. The summed E-state index contributed by atoms with van der Waals surface area (Å²) in [6.07, 6.45) is 3.28. The number of aryl methyl sites for hydroxylation is 1. The number of ketones is 1. The van der Waals surface area contributed by atoms with E-state index in [2.05, 4.69) is 10.4 Å². The van der Waals surface area contributed by atoms with Crippen LogP contribution >= 0.6 is 0 Å². The number of rotatable bonds is 6. The molecule has 0 aromatic carbocycles. The van der Waals surface area contributed by atoms with Crippen LogP contribution in [-0.2, 0) is 11.3 Å². The molecule has 1 amide bonds. The standard InChI is InChI=1S/C13H15N3O4/c1-2-16-8-9(6-15-16)12(18)13(19)14-7-10(17)11-4-3-5-20-11/h3-6,8,10,17H,2,7H2,1H3,(H,14,19). The SMILES string of the molecule is CCn1cc(C(=O)C(=O)NCC(O)c2ccco2)cn1. The Balaban J connectivity index is 1.90. The number of furan rings is 1. The number of amides is 1. The van der Waals surface area contributed by atoms with Crippen molar-refractivity contribution in [2.75, 3.05) is 6.54 Å². The largest absolute Gasteiger partial charge is 0.467 e. The van der Waals surface area contributed by atoms with Crippen LogP contribution in [-0.4, -0.2) is 33.1 Å². The molecule has 106 valence electrons. The van der Waals surface area contributed by atoms with Gasteiger partial charge in [-0.3, -0.25) is 14.3 Å². The van der Waals surface area contributed by atoms with Crippen LogP contribution in [0.3, 0.4) is 0 Å². The van der Waals surface area contributed by atoms with Gasteiger partial charge in [-0.2, -0.15) is 5.10 Å². The molecule has 2 N–H and O–H groups in total. The van der Waals surface area contributed by atoms with E-state index >= 15 is 0 Å². The third kappa shape index (κ3) is 3.12. The fourth-order valence-corrected chi connectivity index (χ4v) is 1.64. The zero-order valence-electron chi connectivity index (χ0n) is 10.9. The number of carbonyl (C=O) groups excluding carboxylic acids is 2. The summed E-state index contributed by atoms with van der Waals surface area (Å²) in [6, 6.07) is 3.22. The molecule has 7 heteroatoms. The van der Waals surface area contributed by atoms with Crippen molar-refractivity contribution < 1.29 is 19.1 Å². The number of aromatic nitrogens is 2. The van der Waals surface area contributed by atoms with Crippen LogP contribution in [0.1, 0.15) is 29.1 Å². The lowest BCUT2D eigenvalue weighted by Crippen LogP contribution is -2.34. The van der Waals surface area contributed by atoms with Gasteiger partial charge in [-0.25, -0.2) is 0 Å². The Labute approximate surface area is 115 Å². The van der Waals surface area contributed by atoms with Gasteiger partial charge in [0.1, 0.15) is 11.9 Å². The van der Waals surface area contributed by atoms with Gasteiger partial charge in [-0.1, -0.05) is 0 Å². The van der Waals surface area contributed by atoms with Crippen LogP contribution < -0.4 is 5.32 Å². The molecule has 0 spiro atoms.